The van der Waals surface area contributed by atoms with Crippen LogP contribution < -0.4 is 20.2 Å². The molecule has 0 unspecified atom stereocenters. The standard InChI is InChI=1S/C23H25F3IN3O4/c1-4-33-19-11-15(10-18(27)22(19)34-14(2)3)13-28-30-21(32)9-8-20(31)29-17-7-5-6-16(12-17)23(24,25)26/h5-7,10-14H,4,8-9H2,1-3H3,(H,29,31)(H,30,32). The van der Waals surface area contributed by atoms with Crippen LogP contribution in [0.4, 0.5) is 18.9 Å². The number of ether oxygens (including phenoxy) is 2. The van der Waals surface area contributed by atoms with E-state index in [9.17, 15) is 22.8 Å². The predicted molar refractivity (Wildman–Crippen MR) is 131 cm³/mol. The molecule has 0 saturated carbocycles. The van der Waals surface area contributed by atoms with Crippen molar-refractivity contribution >= 4 is 46.3 Å². The molecule has 0 saturated heterocycles. The summed E-state index contributed by atoms with van der Waals surface area (Å²) in [6.45, 7) is 6.13. The van der Waals surface area contributed by atoms with Gasteiger partial charge in [-0.05, 0) is 79.3 Å². The predicted octanol–water partition coefficient (Wildman–Crippen LogP) is 5.36. The third kappa shape index (κ3) is 8.84. The molecule has 0 atom stereocenters. The first-order valence-corrected chi connectivity index (χ1v) is 11.5. The van der Waals surface area contributed by atoms with Gasteiger partial charge in [-0.3, -0.25) is 9.59 Å². The molecule has 184 valence electrons. The molecule has 2 aromatic rings. The van der Waals surface area contributed by atoms with Gasteiger partial charge in [0, 0.05) is 18.5 Å². The van der Waals surface area contributed by atoms with Crippen molar-refractivity contribution in [3.05, 3.63) is 51.1 Å². The minimum atomic E-state index is -4.51. The second kappa shape index (κ2) is 12.6. The number of hydrazone groups is 1. The average Bonchev–Trinajstić information content (AvgIpc) is 2.74. The Bertz CT molecular complexity index is 1040. The van der Waals surface area contributed by atoms with Gasteiger partial charge in [-0.15, -0.1) is 0 Å². The van der Waals surface area contributed by atoms with E-state index in [4.69, 9.17) is 9.47 Å². The van der Waals surface area contributed by atoms with E-state index < -0.39 is 23.6 Å². The summed E-state index contributed by atoms with van der Waals surface area (Å²) < 4.78 is 50.5. The maximum Gasteiger partial charge on any atom is 0.416 e. The second-order valence-electron chi connectivity index (χ2n) is 7.35. The Morgan fingerprint density at radius 3 is 2.50 bits per heavy atom. The molecule has 0 heterocycles. The van der Waals surface area contributed by atoms with E-state index in [1.165, 1.54) is 18.3 Å². The van der Waals surface area contributed by atoms with Crippen LogP contribution in [-0.4, -0.2) is 30.7 Å². The first-order valence-electron chi connectivity index (χ1n) is 10.4. The number of hydrogen-bond acceptors (Lipinski definition) is 5. The molecule has 0 fully saturated rings. The third-order valence-corrected chi connectivity index (χ3v) is 4.94. The fourth-order valence-corrected chi connectivity index (χ4v) is 3.49. The Morgan fingerprint density at radius 1 is 1.15 bits per heavy atom. The Hall–Kier alpha value is -2.83. The number of anilines is 1. The summed E-state index contributed by atoms with van der Waals surface area (Å²) in [5.41, 5.74) is 2.13. The van der Waals surface area contributed by atoms with Crippen LogP contribution in [-0.2, 0) is 15.8 Å². The smallest absolute Gasteiger partial charge is 0.416 e. The Kier molecular flexibility index (Phi) is 10.1. The van der Waals surface area contributed by atoms with E-state index in [0.29, 0.717) is 23.7 Å². The zero-order chi connectivity index (χ0) is 25.3. The van der Waals surface area contributed by atoms with Gasteiger partial charge in [0.25, 0.3) is 0 Å². The largest absolute Gasteiger partial charge is 0.490 e. The molecule has 0 aliphatic rings. The lowest BCUT2D eigenvalue weighted by Gasteiger charge is -2.16. The number of benzene rings is 2. The lowest BCUT2D eigenvalue weighted by atomic mass is 10.2. The summed E-state index contributed by atoms with van der Waals surface area (Å²) in [6, 6.07) is 7.83. The third-order valence-electron chi connectivity index (χ3n) is 4.14. The number of alkyl halides is 3. The van der Waals surface area contributed by atoms with Crippen LogP contribution >= 0.6 is 22.6 Å². The first-order chi connectivity index (χ1) is 16.0. The summed E-state index contributed by atoms with van der Waals surface area (Å²) in [6.07, 6.45) is -3.51. The van der Waals surface area contributed by atoms with E-state index in [-0.39, 0.29) is 24.6 Å². The van der Waals surface area contributed by atoms with Crippen LogP contribution in [0.25, 0.3) is 0 Å². The minimum Gasteiger partial charge on any atom is -0.490 e. The molecule has 11 heteroatoms. The molecule has 2 rings (SSSR count). The zero-order valence-electron chi connectivity index (χ0n) is 18.8. The van der Waals surface area contributed by atoms with Crippen LogP contribution in [0.3, 0.4) is 0 Å². The summed E-state index contributed by atoms with van der Waals surface area (Å²) in [5.74, 6) is 0.0811. The highest BCUT2D eigenvalue weighted by atomic mass is 127. The minimum absolute atomic E-state index is 0.00264. The van der Waals surface area contributed by atoms with Crippen molar-refractivity contribution in [2.75, 3.05) is 11.9 Å². The molecule has 2 amide bonds. The molecule has 2 aromatic carbocycles. The number of carbonyl (C=O) groups excluding carboxylic acids is 2. The van der Waals surface area contributed by atoms with Crippen LogP contribution in [0.5, 0.6) is 11.5 Å². The van der Waals surface area contributed by atoms with Gasteiger partial charge in [0.2, 0.25) is 11.8 Å². The van der Waals surface area contributed by atoms with Gasteiger partial charge in [0.05, 0.1) is 28.1 Å². The van der Waals surface area contributed by atoms with E-state index in [1.807, 2.05) is 26.8 Å². The van der Waals surface area contributed by atoms with E-state index >= 15 is 0 Å². The highest BCUT2D eigenvalue weighted by Crippen LogP contribution is 2.34. The maximum absolute atomic E-state index is 12.8. The van der Waals surface area contributed by atoms with Crippen molar-refractivity contribution in [3.63, 3.8) is 0 Å². The summed E-state index contributed by atoms with van der Waals surface area (Å²) >= 11 is 2.12. The van der Waals surface area contributed by atoms with Crippen molar-refractivity contribution in [1.29, 1.82) is 0 Å². The molecule has 2 N–H and O–H groups in total. The van der Waals surface area contributed by atoms with Crippen LogP contribution in [0.15, 0.2) is 41.5 Å². The maximum atomic E-state index is 12.8. The number of carbonyl (C=O) groups is 2. The zero-order valence-corrected chi connectivity index (χ0v) is 21.0. The van der Waals surface area contributed by atoms with Gasteiger partial charge in [-0.2, -0.15) is 18.3 Å². The SMILES string of the molecule is CCOc1cc(C=NNC(=O)CCC(=O)Nc2cccc(C(F)(F)F)c2)cc(I)c1OC(C)C. The number of amides is 2. The van der Waals surface area contributed by atoms with Crippen molar-refractivity contribution in [2.45, 2.75) is 45.9 Å². The van der Waals surface area contributed by atoms with Gasteiger partial charge in [-0.1, -0.05) is 6.07 Å². The van der Waals surface area contributed by atoms with Crippen molar-refractivity contribution in [2.24, 2.45) is 5.10 Å². The number of nitrogens with one attached hydrogen (secondary N) is 2. The van der Waals surface area contributed by atoms with Gasteiger partial charge in [0.1, 0.15) is 0 Å². The van der Waals surface area contributed by atoms with E-state index in [1.54, 1.807) is 6.07 Å². The molecule has 0 aliphatic heterocycles. The lowest BCUT2D eigenvalue weighted by molar-refractivity contribution is -0.137. The number of nitrogens with zero attached hydrogens (tertiary/aromatic N) is 1. The first kappa shape index (κ1) is 27.4. The molecule has 7 nitrogen and oxygen atoms in total. The number of hydrogen-bond donors (Lipinski definition) is 2. The fourth-order valence-electron chi connectivity index (χ4n) is 2.73. The highest BCUT2D eigenvalue weighted by Gasteiger charge is 2.30. The van der Waals surface area contributed by atoms with Crippen molar-refractivity contribution in [1.82, 2.24) is 5.43 Å². The van der Waals surface area contributed by atoms with Crippen LogP contribution in [0, 0.1) is 3.57 Å². The van der Waals surface area contributed by atoms with Crippen LogP contribution in [0.1, 0.15) is 44.7 Å². The molecular weight excluding hydrogens is 566 g/mol. The summed E-state index contributed by atoms with van der Waals surface area (Å²) in [7, 11) is 0. The number of halogens is 4. The fraction of sp³-hybridized carbons (Fsp3) is 0.348. The summed E-state index contributed by atoms with van der Waals surface area (Å²) in [5, 5.41) is 6.24. The molecular formula is C23H25F3IN3O4. The lowest BCUT2D eigenvalue weighted by Crippen LogP contribution is -2.20. The van der Waals surface area contributed by atoms with Crippen molar-refractivity contribution < 1.29 is 32.2 Å². The van der Waals surface area contributed by atoms with E-state index in [0.717, 1.165) is 15.7 Å². The molecule has 34 heavy (non-hydrogen) atoms. The second-order valence-corrected chi connectivity index (χ2v) is 8.51. The quantitative estimate of drug-likeness (QED) is 0.221. The summed E-state index contributed by atoms with van der Waals surface area (Å²) in [4.78, 5) is 24.0. The van der Waals surface area contributed by atoms with Gasteiger partial charge in [0.15, 0.2) is 11.5 Å². The molecule has 0 radical (unpaired) electrons. The molecule has 0 aliphatic carbocycles. The normalized spacial score (nSPS) is 11.5. The molecule has 0 aromatic heterocycles. The monoisotopic (exact) mass is 591 g/mol. The Morgan fingerprint density at radius 2 is 1.85 bits per heavy atom. The van der Waals surface area contributed by atoms with Crippen LogP contribution in [0.2, 0.25) is 0 Å². The van der Waals surface area contributed by atoms with Gasteiger partial charge < -0.3 is 14.8 Å². The highest BCUT2D eigenvalue weighted by molar-refractivity contribution is 14.1. The number of rotatable bonds is 10. The average molecular weight is 591 g/mol. The Balaban J connectivity index is 1.90. The topological polar surface area (TPSA) is 89.0 Å². The molecule has 0 bridgehead atoms. The van der Waals surface area contributed by atoms with Gasteiger partial charge >= 0.3 is 6.18 Å². The van der Waals surface area contributed by atoms with E-state index in [2.05, 4.69) is 38.4 Å². The molecule has 0 spiro atoms. The Labute approximate surface area is 209 Å². The van der Waals surface area contributed by atoms with Gasteiger partial charge in [-0.25, -0.2) is 5.43 Å². The van der Waals surface area contributed by atoms with Crippen molar-refractivity contribution in [3.8, 4) is 11.5 Å².